The Hall–Kier alpha value is -2.01. The van der Waals surface area contributed by atoms with Crippen molar-refractivity contribution in [1.82, 2.24) is 10.2 Å². The van der Waals surface area contributed by atoms with Gasteiger partial charge in [0, 0.05) is 11.5 Å². The number of carbonyl (C=O) groups excluding carboxylic acids is 1. The van der Waals surface area contributed by atoms with E-state index in [0.29, 0.717) is 11.0 Å². The van der Waals surface area contributed by atoms with Crippen LogP contribution in [0.25, 0.3) is 10.6 Å². The fourth-order valence-corrected chi connectivity index (χ4v) is 3.39. The van der Waals surface area contributed by atoms with Crippen LogP contribution in [-0.2, 0) is 4.79 Å². The molecule has 1 amide bonds. The van der Waals surface area contributed by atoms with Crippen molar-refractivity contribution in [3.05, 3.63) is 42.0 Å². The van der Waals surface area contributed by atoms with E-state index in [-0.39, 0.29) is 11.8 Å². The second kappa shape index (κ2) is 7.04. The average Bonchev–Trinajstić information content (AvgIpc) is 3.04. The van der Waals surface area contributed by atoms with Crippen molar-refractivity contribution >= 4 is 22.4 Å². The summed E-state index contributed by atoms with van der Waals surface area (Å²) in [5, 5.41) is 12.6. The minimum absolute atomic E-state index is 0.0483. The molecular formula is C18H21N3OS. The van der Waals surface area contributed by atoms with Crippen molar-refractivity contribution in [2.45, 2.75) is 39.0 Å². The van der Waals surface area contributed by atoms with Crippen molar-refractivity contribution in [1.29, 1.82) is 0 Å². The highest BCUT2D eigenvalue weighted by Crippen LogP contribution is 2.28. The summed E-state index contributed by atoms with van der Waals surface area (Å²) in [6.07, 6.45) is 6.91. The van der Waals surface area contributed by atoms with Crippen LogP contribution in [0.1, 0.15) is 44.6 Å². The molecule has 1 aliphatic carbocycles. The van der Waals surface area contributed by atoms with Gasteiger partial charge in [0.2, 0.25) is 11.0 Å². The molecule has 23 heavy (non-hydrogen) atoms. The summed E-state index contributed by atoms with van der Waals surface area (Å²) in [6, 6.07) is 8.36. The van der Waals surface area contributed by atoms with Gasteiger partial charge < -0.3 is 5.32 Å². The molecule has 0 bridgehead atoms. The molecule has 0 fully saturated rings. The third-order valence-electron chi connectivity index (χ3n) is 4.12. The molecule has 4 nitrogen and oxygen atoms in total. The van der Waals surface area contributed by atoms with E-state index in [1.165, 1.54) is 16.9 Å². The van der Waals surface area contributed by atoms with Gasteiger partial charge in [-0.2, -0.15) is 0 Å². The number of allylic oxidation sites excluding steroid dienone is 2. The molecule has 2 aromatic rings. The van der Waals surface area contributed by atoms with Gasteiger partial charge in [-0.15, -0.1) is 10.2 Å². The summed E-state index contributed by atoms with van der Waals surface area (Å²) >= 11 is 1.42. The predicted octanol–water partition coefficient (Wildman–Crippen LogP) is 4.62. The van der Waals surface area contributed by atoms with E-state index in [1.54, 1.807) is 0 Å². The number of rotatable bonds is 4. The molecule has 1 aromatic heterocycles. The van der Waals surface area contributed by atoms with E-state index in [2.05, 4.69) is 65.8 Å². The Kier molecular flexibility index (Phi) is 4.86. The zero-order valence-electron chi connectivity index (χ0n) is 13.5. The number of nitrogens with zero attached hydrogens (tertiary/aromatic N) is 2. The quantitative estimate of drug-likeness (QED) is 0.833. The highest BCUT2D eigenvalue weighted by atomic mass is 32.1. The van der Waals surface area contributed by atoms with Gasteiger partial charge in [0.05, 0.1) is 0 Å². The van der Waals surface area contributed by atoms with Gasteiger partial charge in [-0.3, -0.25) is 4.79 Å². The summed E-state index contributed by atoms with van der Waals surface area (Å²) in [5.41, 5.74) is 2.34. The number of amides is 1. The standard InChI is InChI=1S/C18H21N3OS/c1-12(2)13-8-10-15(11-9-13)17-20-21-18(23-17)19-16(22)14-6-4-3-5-7-14/h3-4,8-12,14H,5-7H2,1-2H3,(H,19,21,22)/t14-/m0/s1. The molecule has 0 unspecified atom stereocenters. The molecule has 1 heterocycles. The molecule has 0 saturated heterocycles. The van der Waals surface area contributed by atoms with E-state index in [4.69, 9.17) is 0 Å². The highest BCUT2D eigenvalue weighted by molar-refractivity contribution is 7.18. The maximum absolute atomic E-state index is 12.2. The molecule has 5 heteroatoms. The van der Waals surface area contributed by atoms with Crippen molar-refractivity contribution in [3.8, 4) is 10.6 Å². The number of hydrogen-bond acceptors (Lipinski definition) is 4. The monoisotopic (exact) mass is 327 g/mol. The van der Waals surface area contributed by atoms with Crippen LogP contribution in [0.15, 0.2) is 36.4 Å². The molecular weight excluding hydrogens is 306 g/mol. The largest absolute Gasteiger partial charge is 0.300 e. The Morgan fingerprint density at radius 2 is 2.00 bits per heavy atom. The molecule has 1 atom stereocenters. The number of benzene rings is 1. The predicted molar refractivity (Wildman–Crippen MR) is 94.5 cm³/mol. The topological polar surface area (TPSA) is 54.9 Å². The number of carbonyl (C=O) groups is 1. The molecule has 1 N–H and O–H groups in total. The van der Waals surface area contributed by atoms with Crippen molar-refractivity contribution in [2.24, 2.45) is 5.92 Å². The number of nitrogens with one attached hydrogen (secondary N) is 1. The molecule has 0 saturated carbocycles. The summed E-state index contributed by atoms with van der Waals surface area (Å²) in [4.78, 5) is 12.2. The van der Waals surface area contributed by atoms with E-state index in [1.807, 2.05) is 0 Å². The molecule has 0 aliphatic heterocycles. The first-order valence-electron chi connectivity index (χ1n) is 8.03. The first-order valence-corrected chi connectivity index (χ1v) is 8.85. The van der Waals surface area contributed by atoms with Crippen molar-refractivity contribution in [2.75, 3.05) is 5.32 Å². The lowest BCUT2D eigenvalue weighted by Gasteiger charge is -2.15. The fourth-order valence-electron chi connectivity index (χ4n) is 2.64. The van der Waals surface area contributed by atoms with Gasteiger partial charge >= 0.3 is 0 Å². The average molecular weight is 327 g/mol. The Bertz CT molecular complexity index is 703. The minimum Gasteiger partial charge on any atom is -0.300 e. The zero-order chi connectivity index (χ0) is 16.2. The molecule has 3 rings (SSSR count). The van der Waals surface area contributed by atoms with Crippen LogP contribution >= 0.6 is 11.3 Å². The maximum Gasteiger partial charge on any atom is 0.229 e. The molecule has 1 aromatic carbocycles. The zero-order valence-corrected chi connectivity index (χ0v) is 14.3. The third kappa shape index (κ3) is 3.85. The van der Waals surface area contributed by atoms with Crippen molar-refractivity contribution in [3.63, 3.8) is 0 Å². The lowest BCUT2D eigenvalue weighted by Crippen LogP contribution is -2.23. The number of anilines is 1. The van der Waals surface area contributed by atoms with Crippen LogP contribution in [0.5, 0.6) is 0 Å². The van der Waals surface area contributed by atoms with Crippen LogP contribution in [-0.4, -0.2) is 16.1 Å². The SMILES string of the molecule is CC(C)c1ccc(-c2nnc(NC(=O)[C@H]3CC=CCC3)s2)cc1. The Morgan fingerprint density at radius 1 is 1.22 bits per heavy atom. The molecule has 1 aliphatic rings. The number of aromatic nitrogens is 2. The second-order valence-electron chi connectivity index (χ2n) is 6.16. The van der Waals surface area contributed by atoms with Crippen LogP contribution in [0.3, 0.4) is 0 Å². The van der Waals surface area contributed by atoms with Gasteiger partial charge in [-0.05, 0) is 30.7 Å². The summed E-state index contributed by atoms with van der Waals surface area (Å²) in [7, 11) is 0. The first-order chi connectivity index (χ1) is 11.1. The van der Waals surface area contributed by atoms with E-state index in [0.717, 1.165) is 29.8 Å². The van der Waals surface area contributed by atoms with Gasteiger partial charge in [0.1, 0.15) is 5.01 Å². The van der Waals surface area contributed by atoms with Gasteiger partial charge in [-0.1, -0.05) is 61.6 Å². The van der Waals surface area contributed by atoms with Gasteiger partial charge in [0.25, 0.3) is 0 Å². The summed E-state index contributed by atoms with van der Waals surface area (Å²) < 4.78 is 0. The summed E-state index contributed by atoms with van der Waals surface area (Å²) in [6.45, 7) is 4.35. The van der Waals surface area contributed by atoms with Crippen LogP contribution in [0, 0.1) is 5.92 Å². The lowest BCUT2D eigenvalue weighted by atomic mass is 9.94. The number of hydrogen-bond donors (Lipinski definition) is 1. The highest BCUT2D eigenvalue weighted by Gasteiger charge is 2.20. The minimum atomic E-state index is 0.0483. The van der Waals surface area contributed by atoms with E-state index < -0.39 is 0 Å². The van der Waals surface area contributed by atoms with Crippen LogP contribution < -0.4 is 5.32 Å². The molecule has 0 radical (unpaired) electrons. The maximum atomic E-state index is 12.2. The Morgan fingerprint density at radius 3 is 2.65 bits per heavy atom. The first kappa shape index (κ1) is 15.9. The van der Waals surface area contributed by atoms with Gasteiger partial charge in [-0.25, -0.2) is 0 Å². The van der Waals surface area contributed by atoms with Crippen LogP contribution in [0.2, 0.25) is 0 Å². The third-order valence-corrected chi connectivity index (χ3v) is 5.01. The normalized spacial score (nSPS) is 17.4. The van der Waals surface area contributed by atoms with Crippen molar-refractivity contribution < 1.29 is 4.79 Å². The Labute approximate surface area is 140 Å². The molecule has 0 spiro atoms. The summed E-state index contributed by atoms with van der Waals surface area (Å²) in [5.74, 6) is 0.614. The molecule has 120 valence electrons. The second-order valence-corrected chi connectivity index (χ2v) is 7.14. The smallest absolute Gasteiger partial charge is 0.229 e. The van der Waals surface area contributed by atoms with E-state index >= 15 is 0 Å². The van der Waals surface area contributed by atoms with E-state index in [9.17, 15) is 4.79 Å². The van der Waals surface area contributed by atoms with Crippen LogP contribution in [0.4, 0.5) is 5.13 Å². The lowest BCUT2D eigenvalue weighted by molar-refractivity contribution is -0.120. The van der Waals surface area contributed by atoms with Gasteiger partial charge in [0.15, 0.2) is 0 Å². The Balaban J connectivity index is 1.67. The fraction of sp³-hybridized carbons (Fsp3) is 0.389.